The molecule has 4 rings (SSSR count). The first-order valence-electron chi connectivity index (χ1n) is 10.9. The fraction of sp³-hybridized carbons (Fsp3) is 0.417. The van der Waals surface area contributed by atoms with Gasteiger partial charge in [0, 0.05) is 43.4 Å². The van der Waals surface area contributed by atoms with Gasteiger partial charge in [0.15, 0.2) is 6.61 Å². The molecule has 0 bridgehead atoms. The van der Waals surface area contributed by atoms with Gasteiger partial charge in [0.25, 0.3) is 5.91 Å². The van der Waals surface area contributed by atoms with E-state index in [-0.39, 0.29) is 18.4 Å². The molecule has 0 saturated carbocycles. The van der Waals surface area contributed by atoms with Crippen LogP contribution in [0.1, 0.15) is 19.3 Å². The van der Waals surface area contributed by atoms with E-state index in [1.165, 1.54) is 0 Å². The number of benzene rings is 2. The van der Waals surface area contributed by atoms with Crippen LogP contribution in [0, 0.1) is 0 Å². The van der Waals surface area contributed by atoms with Crippen LogP contribution in [0.3, 0.4) is 0 Å². The molecule has 0 N–H and O–H groups in total. The Kier molecular flexibility index (Phi) is 6.97. The summed E-state index contributed by atoms with van der Waals surface area (Å²) < 4.78 is 5.63. The van der Waals surface area contributed by atoms with Gasteiger partial charge in [0.05, 0.1) is 0 Å². The van der Waals surface area contributed by atoms with Crippen LogP contribution in [-0.4, -0.2) is 67.0 Å². The third-order valence-electron chi connectivity index (χ3n) is 5.98. The first-order chi connectivity index (χ1) is 15.1. The van der Waals surface area contributed by atoms with Gasteiger partial charge in [0.2, 0.25) is 5.91 Å². The molecule has 2 aromatic rings. The molecule has 164 valence electrons. The number of ether oxygens (including phenoxy) is 1. The highest BCUT2D eigenvalue weighted by Crippen LogP contribution is 2.23. The molecule has 7 heteroatoms. The summed E-state index contributed by atoms with van der Waals surface area (Å²) in [6.07, 6.45) is 2.59. The molecule has 0 radical (unpaired) electrons. The standard InChI is InChI=1S/C24H28ClN3O3/c25-19-7-6-8-20(17-19)26-13-15-27(16-14-26)24(30)22-11-4-5-12-28(22)23(29)18-31-21-9-2-1-3-10-21/h1-3,6-10,17,22H,4-5,11-16,18H2/t22-/m1/s1. The molecule has 0 aromatic heterocycles. The predicted molar refractivity (Wildman–Crippen MR) is 122 cm³/mol. The molecule has 2 amide bonds. The molecule has 2 saturated heterocycles. The minimum absolute atomic E-state index is 0.0453. The molecule has 2 fully saturated rings. The topological polar surface area (TPSA) is 53.1 Å². The number of hydrogen-bond donors (Lipinski definition) is 0. The van der Waals surface area contributed by atoms with Crippen LogP contribution in [0.4, 0.5) is 5.69 Å². The number of carbonyl (C=O) groups is 2. The quantitative estimate of drug-likeness (QED) is 0.713. The van der Waals surface area contributed by atoms with E-state index in [0.29, 0.717) is 36.8 Å². The van der Waals surface area contributed by atoms with Crippen molar-refractivity contribution >= 4 is 29.1 Å². The minimum atomic E-state index is -0.390. The number of halogens is 1. The van der Waals surface area contributed by atoms with Crippen molar-refractivity contribution in [3.63, 3.8) is 0 Å². The number of piperidine rings is 1. The van der Waals surface area contributed by atoms with Crippen LogP contribution in [0.15, 0.2) is 54.6 Å². The molecule has 0 spiro atoms. The van der Waals surface area contributed by atoms with Crippen molar-refractivity contribution < 1.29 is 14.3 Å². The molecule has 31 heavy (non-hydrogen) atoms. The number of carbonyl (C=O) groups excluding carboxylic acids is 2. The number of likely N-dealkylation sites (tertiary alicyclic amines) is 1. The summed E-state index contributed by atoms with van der Waals surface area (Å²) in [5.74, 6) is 0.589. The number of anilines is 1. The van der Waals surface area contributed by atoms with Gasteiger partial charge in [0.1, 0.15) is 11.8 Å². The van der Waals surface area contributed by atoms with Gasteiger partial charge in [-0.25, -0.2) is 0 Å². The zero-order valence-corrected chi connectivity index (χ0v) is 18.3. The molecule has 0 unspecified atom stereocenters. The zero-order valence-electron chi connectivity index (χ0n) is 17.6. The molecule has 1 atom stereocenters. The summed E-state index contributed by atoms with van der Waals surface area (Å²) in [5.41, 5.74) is 1.08. The normalized spacial score (nSPS) is 19.3. The van der Waals surface area contributed by atoms with E-state index in [9.17, 15) is 9.59 Å². The molecule has 2 aromatic carbocycles. The highest BCUT2D eigenvalue weighted by Gasteiger charge is 2.35. The number of piperazine rings is 1. The summed E-state index contributed by atoms with van der Waals surface area (Å²) in [6, 6.07) is 16.7. The Morgan fingerprint density at radius 2 is 1.71 bits per heavy atom. The molecule has 2 heterocycles. The van der Waals surface area contributed by atoms with Gasteiger partial charge >= 0.3 is 0 Å². The monoisotopic (exact) mass is 441 g/mol. The van der Waals surface area contributed by atoms with Gasteiger partial charge in [-0.15, -0.1) is 0 Å². The van der Waals surface area contributed by atoms with E-state index >= 15 is 0 Å². The third-order valence-corrected chi connectivity index (χ3v) is 6.21. The van der Waals surface area contributed by atoms with Gasteiger partial charge < -0.3 is 19.4 Å². The van der Waals surface area contributed by atoms with Gasteiger partial charge in [-0.1, -0.05) is 35.9 Å². The van der Waals surface area contributed by atoms with Crippen molar-refractivity contribution in [2.45, 2.75) is 25.3 Å². The largest absolute Gasteiger partial charge is 0.484 e. The number of amides is 2. The molecule has 6 nitrogen and oxygen atoms in total. The van der Waals surface area contributed by atoms with Crippen molar-refractivity contribution in [3.05, 3.63) is 59.6 Å². The summed E-state index contributed by atoms with van der Waals surface area (Å²) in [5, 5.41) is 0.713. The number of nitrogens with zero attached hydrogens (tertiary/aromatic N) is 3. The van der Waals surface area contributed by atoms with E-state index in [4.69, 9.17) is 16.3 Å². The van der Waals surface area contributed by atoms with Crippen molar-refractivity contribution in [2.75, 3.05) is 44.2 Å². The Morgan fingerprint density at radius 1 is 0.935 bits per heavy atom. The lowest BCUT2D eigenvalue weighted by atomic mass is 10.0. The Labute approximate surface area is 188 Å². The lowest BCUT2D eigenvalue weighted by Gasteiger charge is -2.41. The summed E-state index contributed by atoms with van der Waals surface area (Å²) >= 11 is 6.12. The number of hydrogen-bond acceptors (Lipinski definition) is 4. The van der Waals surface area contributed by atoms with E-state index in [2.05, 4.69) is 4.90 Å². The number of para-hydroxylation sites is 1. The predicted octanol–water partition coefficient (Wildman–Crippen LogP) is 3.45. The zero-order chi connectivity index (χ0) is 21.6. The Balaban J connectivity index is 1.34. The van der Waals surface area contributed by atoms with E-state index in [0.717, 1.165) is 31.6 Å². The second kappa shape index (κ2) is 10.1. The Morgan fingerprint density at radius 3 is 2.45 bits per heavy atom. The fourth-order valence-electron chi connectivity index (χ4n) is 4.30. The van der Waals surface area contributed by atoms with Crippen molar-refractivity contribution in [2.24, 2.45) is 0 Å². The molecular weight excluding hydrogens is 414 g/mol. The first kappa shape index (κ1) is 21.5. The van der Waals surface area contributed by atoms with Crippen LogP contribution in [-0.2, 0) is 9.59 Å². The fourth-order valence-corrected chi connectivity index (χ4v) is 4.48. The van der Waals surface area contributed by atoms with Crippen LogP contribution in [0.2, 0.25) is 5.02 Å². The molecule has 0 aliphatic carbocycles. The SMILES string of the molecule is O=C([C@H]1CCCCN1C(=O)COc1ccccc1)N1CCN(c2cccc(Cl)c2)CC1. The highest BCUT2D eigenvalue weighted by molar-refractivity contribution is 6.30. The maximum absolute atomic E-state index is 13.3. The molecule has 2 aliphatic rings. The Bertz CT molecular complexity index is 900. The van der Waals surface area contributed by atoms with E-state index in [1.807, 2.05) is 59.5 Å². The van der Waals surface area contributed by atoms with Crippen LogP contribution >= 0.6 is 11.6 Å². The number of rotatable bonds is 5. The minimum Gasteiger partial charge on any atom is -0.484 e. The lowest BCUT2D eigenvalue weighted by Crippen LogP contribution is -2.57. The smallest absolute Gasteiger partial charge is 0.261 e. The Hall–Kier alpha value is -2.73. The van der Waals surface area contributed by atoms with Gasteiger partial charge in [-0.2, -0.15) is 0 Å². The molecular formula is C24H28ClN3O3. The molecule has 2 aliphatic heterocycles. The van der Waals surface area contributed by atoms with Gasteiger partial charge in [-0.3, -0.25) is 9.59 Å². The highest BCUT2D eigenvalue weighted by atomic mass is 35.5. The van der Waals surface area contributed by atoms with Crippen molar-refractivity contribution in [3.8, 4) is 5.75 Å². The average Bonchev–Trinajstić information content (AvgIpc) is 2.83. The van der Waals surface area contributed by atoms with E-state index in [1.54, 1.807) is 4.90 Å². The summed E-state index contributed by atoms with van der Waals surface area (Å²) in [4.78, 5) is 32.0. The maximum atomic E-state index is 13.3. The first-order valence-corrected chi connectivity index (χ1v) is 11.3. The van der Waals surface area contributed by atoms with Crippen molar-refractivity contribution in [1.29, 1.82) is 0 Å². The second-order valence-corrected chi connectivity index (χ2v) is 8.43. The van der Waals surface area contributed by atoms with Crippen LogP contribution in [0.5, 0.6) is 5.75 Å². The van der Waals surface area contributed by atoms with Crippen molar-refractivity contribution in [1.82, 2.24) is 9.80 Å². The lowest BCUT2D eigenvalue weighted by molar-refractivity contribution is -0.149. The van der Waals surface area contributed by atoms with E-state index < -0.39 is 6.04 Å². The van der Waals surface area contributed by atoms with Crippen LogP contribution < -0.4 is 9.64 Å². The van der Waals surface area contributed by atoms with Gasteiger partial charge in [-0.05, 0) is 49.6 Å². The maximum Gasteiger partial charge on any atom is 0.261 e. The summed E-state index contributed by atoms with van der Waals surface area (Å²) in [7, 11) is 0. The second-order valence-electron chi connectivity index (χ2n) is 7.99. The van der Waals surface area contributed by atoms with Crippen LogP contribution in [0.25, 0.3) is 0 Å². The average molecular weight is 442 g/mol. The summed E-state index contributed by atoms with van der Waals surface area (Å²) in [6.45, 7) is 3.36. The third kappa shape index (κ3) is 5.31.